The molecule has 166 valence electrons. The number of aromatic nitrogens is 2. The number of para-hydroxylation sites is 2. The lowest BCUT2D eigenvalue weighted by atomic mass is 10.1. The Morgan fingerprint density at radius 3 is 2.59 bits per heavy atom. The number of rotatable bonds is 10. The monoisotopic (exact) mass is 449 g/mol. The number of nitrogens with one attached hydrogen (secondary N) is 2. The second-order valence-corrected chi connectivity index (χ2v) is 8.15. The molecular weight excluding hydrogens is 422 g/mol. The highest BCUT2D eigenvalue weighted by molar-refractivity contribution is 6.32. The first kappa shape index (κ1) is 22.2. The average Bonchev–Trinajstić information content (AvgIpc) is 3.20. The van der Waals surface area contributed by atoms with E-state index in [4.69, 9.17) is 21.1 Å². The molecule has 0 spiro atoms. The van der Waals surface area contributed by atoms with Crippen molar-refractivity contribution in [2.75, 3.05) is 13.2 Å². The molecule has 0 amide bonds. The van der Waals surface area contributed by atoms with Crippen LogP contribution in [0.15, 0.2) is 60.7 Å². The van der Waals surface area contributed by atoms with E-state index in [-0.39, 0.29) is 0 Å². The van der Waals surface area contributed by atoms with Crippen molar-refractivity contribution in [2.45, 2.75) is 33.4 Å². The summed E-state index contributed by atoms with van der Waals surface area (Å²) in [7, 11) is 0. The van der Waals surface area contributed by atoms with E-state index in [1.54, 1.807) is 0 Å². The normalized spacial score (nSPS) is 11.1. The van der Waals surface area contributed by atoms with E-state index in [0.717, 1.165) is 41.0 Å². The van der Waals surface area contributed by atoms with Crippen LogP contribution in [0.1, 0.15) is 29.4 Å². The van der Waals surface area contributed by atoms with Gasteiger partial charge in [0.05, 0.1) is 22.7 Å². The number of benzene rings is 3. The Kier molecular flexibility index (Phi) is 7.30. The number of halogens is 1. The number of H-pyrrole nitrogens is 1. The van der Waals surface area contributed by atoms with Gasteiger partial charge in [0.25, 0.3) is 0 Å². The molecule has 5 nitrogen and oxygen atoms in total. The quantitative estimate of drug-likeness (QED) is 0.299. The van der Waals surface area contributed by atoms with Crippen molar-refractivity contribution < 1.29 is 9.47 Å². The van der Waals surface area contributed by atoms with Gasteiger partial charge in [-0.1, -0.05) is 53.6 Å². The summed E-state index contributed by atoms with van der Waals surface area (Å²) < 4.78 is 11.8. The molecule has 3 aromatic carbocycles. The van der Waals surface area contributed by atoms with Crippen molar-refractivity contribution in [1.29, 1.82) is 0 Å². The highest BCUT2D eigenvalue weighted by atomic mass is 35.5. The van der Waals surface area contributed by atoms with Crippen LogP contribution in [0, 0.1) is 6.92 Å². The fraction of sp³-hybridized carbons (Fsp3) is 0.269. The number of hydrogen-bond donors (Lipinski definition) is 2. The standard InChI is InChI=1S/C26H28ClN3O2/c1-3-31-24-15-20(14-21(27)26(24)32-17-19-10-8-18(2)9-11-19)16-28-13-12-25-29-22-6-4-5-7-23(22)30-25/h4-11,14-15,28H,3,12-13,16-17H2,1-2H3,(H,29,30). The van der Waals surface area contributed by atoms with Gasteiger partial charge in [-0.3, -0.25) is 0 Å². The molecule has 1 heterocycles. The predicted octanol–water partition coefficient (Wildman–Crippen LogP) is 5.83. The third-order valence-electron chi connectivity index (χ3n) is 5.18. The van der Waals surface area contributed by atoms with Gasteiger partial charge in [-0.2, -0.15) is 0 Å². The lowest BCUT2D eigenvalue weighted by Crippen LogP contribution is -2.17. The third kappa shape index (κ3) is 5.61. The molecule has 4 aromatic rings. The lowest BCUT2D eigenvalue weighted by molar-refractivity contribution is 0.269. The average molecular weight is 450 g/mol. The van der Waals surface area contributed by atoms with E-state index in [1.165, 1.54) is 5.56 Å². The first-order valence-electron chi connectivity index (χ1n) is 10.9. The Balaban J connectivity index is 1.36. The van der Waals surface area contributed by atoms with E-state index in [0.29, 0.717) is 36.3 Å². The molecule has 0 atom stereocenters. The molecule has 0 radical (unpaired) electrons. The number of hydrogen-bond acceptors (Lipinski definition) is 4. The van der Waals surface area contributed by atoms with Crippen LogP contribution in [0.4, 0.5) is 0 Å². The van der Waals surface area contributed by atoms with Gasteiger partial charge < -0.3 is 19.8 Å². The summed E-state index contributed by atoms with van der Waals surface area (Å²) in [5.41, 5.74) is 5.42. The molecule has 0 aliphatic carbocycles. The first-order valence-corrected chi connectivity index (χ1v) is 11.3. The maximum Gasteiger partial charge on any atom is 0.180 e. The Labute approximate surface area is 193 Å². The maximum atomic E-state index is 6.57. The Bertz CT molecular complexity index is 1140. The third-order valence-corrected chi connectivity index (χ3v) is 5.46. The fourth-order valence-corrected chi connectivity index (χ4v) is 3.82. The number of imidazole rings is 1. The van der Waals surface area contributed by atoms with E-state index < -0.39 is 0 Å². The Morgan fingerprint density at radius 1 is 1.00 bits per heavy atom. The lowest BCUT2D eigenvalue weighted by Gasteiger charge is -2.16. The van der Waals surface area contributed by atoms with Crippen LogP contribution in [0.3, 0.4) is 0 Å². The zero-order chi connectivity index (χ0) is 22.3. The molecule has 1 aromatic heterocycles. The van der Waals surface area contributed by atoms with Crippen LogP contribution >= 0.6 is 11.6 Å². The molecule has 0 saturated carbocycles. The van der Waals surface area contributed by atoms with Crippen molar-refractivity contribution in [3.63, 3.8) is 0 Å². The Morgan fingerprint density at radius 2 is 1.81 bits per heavy atom. The minimum absolute atomic E-state index is 0.440. The molecule has 0 unspecified atom stereocenters. The SMILES string of the molecule is CCOc1cc(CNCCc2nc3ccccc3[nH]2)cc(Cl)c1OCc1ccc(C)cc1. The van der Waals surface area contributed by atoms with Gasteiger partial charge >= 0.3 is 0 Å². The largest absolute Gasteiger partial charge is 0.490 e. The summed E-state index contributed by atoms with van der Waals surface area (Å²) in [5.74, 6) is 2.23. The van der Waals surface area contributed by atoms with Crippen molar-refractivity contribution in [2.24, 2.45) is 0 Å². The van der Waals surface area contributed by atoms with Gasteiger partial charge in [0.1, 0.15) is 12.4 Å². The van der Waals surface area contributed by atoms with Gasteiger partial charge in [0.2, 0.25) is 0 Å². The zero-order valence-electron chi connectivity index (χ0n) is 18.5. The minimum Gasteiger partial charge on any atom is -0.490 e. The zero-order valence-corrected chi connectivity index (χ0v) is 19.2. The molecule has 0 aliphatic heterocycles. The number of fused-ring (bicyclic) bond motifs is 1. The molecule has 6 heteroatoms. The van der Waals surface area contributed by atoms with E-state index in [2.05, 4.69) is 46.5 Å². The maximum absolute atomic E-state index is 6.57. The molecular formula is C26H28ClN3O2. The molecule has 2 N–H and O–H groups in total. The summed E-state index contributed by atoms with van der Waals surface area (Å²) in [6, 6.07) is 20.3. The van der Waals surface area contributed by atoms with E-state index in [1.807, 2.05) is 43.3 Å². The Hall–Kier alpha value is -3.02. The van der Waals surface area contributed by atoms with Crippen molar-refractivity contribution in [3.8, 4) is 11.5 Å². The number of ether oxygens (including phenoxy) is 2. The molecule has 0 aliphatic rings. The fourth-order valence-electron chi connectivity index (χ4n) is 3.53. The van der Waals surface area contributed by atoms with Gasteiger partial charge in [-0.05, 0) is 49.2 Å². The summed E-state index contributed by atoms with van der Waals surface area (Å²) in [5, 5.41) is 4.01. The molecule has 0 fully saturated rings. The second kappa shape index (κ2) is 10.5. The van der Waals surface area contributed by atoms with E-state index in [9.17, 15) is 0 Å². The number of nitrogens with zero attached hydrogens (tertiary/aromatic N) is 1. The van der Waals surface area contributed by atoms with Gasteiger partial charge in [0, 0.05) is 19.5 Å². The predicted molar refractivity (Wildman–Crippen MR) is 130 cm³/mol. The first-order chi connectivity index (χ1) is 15.6. The smallest absolute Gasteiger partial charge is 0.180 e. The molecule has 4 rings (SSSR count). The second-order valence-electron chi connectivity index (χ2n) is 7.74. The highest BCUT2D eigenvalue weighted by Gasteiger charge is 2.13. The van der Waals surface area contributed by atoms with Crippen LogP contribution in [0.25, 0.3) is 11.0 Å². The molecule has 0 saturated heterocycles. The van der Waals surface area contributed by atoms with Crippen LogP contribution in [0.2, 0.25) is 5.02 Å². The van der Waals surface area contributed by atoms with Crippen LogP contribution in [-0.4, -0.2) is 23.1 Å². The van der Waals surface area contributed by atoms with Crippen LogP contribution in [0.5, 0.6) is 11.5 Å². The number of aryl methyl sites for hydroxylation is 1. The summed E-state index contributed by atoms with van der Waals surface area (Å²) in [6.45, 7) is 6.48. The highest BCUT2D eigenvalue weighted by Crippen LogP contribution is 2.37. The number of aromatic amines is 1. The minimum atomic E-state index is 0.440. The van der Waals surface area contributed by atoms with Crippen LogP contribution in [-0.2, 0) is 19.6 Å². The van der Waals surface area contributed by atoms with Crippen molar-refractivity contribution >= 4 is 22.6 Å². The summed E-state index contributed by atoms with van der Waals surface area (Å²) in [4.78, 5) is 7.98. The summed E-state index contributed by atoms with van der Waals surface area (Å²) >= 11 is 6.57. The molecule has 32 heavy (non-hydrogen) atoms. The van der Waals surface area contributed by atoms with E-state index >= 15 is 0 Å². The van der Waals surface area contributed by atoms with Gasteiger partial charge in [0.15, 0.2) is 11.5 Å². The molecule has 0 bridgehead atoms. The topological polar surface area (TPSA) is 59.2 Å². The van der Waals surface area contributed by atoms with Crippen molar-refractivity contribution in [3.05, 3.63) is 88.2 Å². The van der Waals surface area contributed by atoms with Crippen molar-refractivity contribution in [1.82, 2.24) is 15.3 Å². The van der Waals surface area contributed by atoms with Gasteiger partial charge in [-0.15, -0.1) is 0 Å². The van der Waals surface area contributed by atoms with Gasteiger partial charge in [-0.25, -0.2) is 4.98 Å². The van der Waals surface area contributed by atoms with Crippen LogP contribution < -0.4 is 14.8 Å². The summed E-state index contributed by atoms with van der Waals surface area (Å²) in [6.07, 6.45) is 0.818.